The smallest absolute Gasteiger partial charge is 0.408 e. The fourth-order valence-corrected chi connectivity index (χ4v) is 6.80. The third-order valence-electron chi connectivity index (χ3n) is 9.56. The molecular weight excluding hydrogens is 654 g/mol. The van der Waals surface area contributed by atoms with E-state index in [1.807, 2.05) is 48.6 Å². The lowest BCUT2D eigenvalue weighted by Crippen LogP contribution is -2.56. The molecule has 3 N–H and O–H groups in total. The Bertz CT molecular complexity index is 1790. The number of amides is 3. The van der Waals surface area contributed by atoms with E-state index < -0.39 is 53.1 Å². The summed E-state index contributed by atoms with van der Waals surface area (Å²) in [7, 11) is 1.59. The summed E-state index contributed by atoms with van der Waals surface area (Å²) < 4.78 is 10.8. The number of hydrogen-bond donors (Lipinski definition) is 3. The monoisotopic (exact) mass is 699 g/mol. The number of benzene rings is 1. The molecule has 3 aliphatic rings. The minimum absolute atomic E-state index is 0.0468. The number of nitrogens with zero attached hydrogens (tertiary/aromatic N) is 5. The lowest BCUT2D eigenvalue weighted by Gasteiger charge is -2.30. The molecule has 2 aromatic heterocycles. The topological polar surface area (TPSA) is 178 Å². The molecule has 5 atom stereocenters. The van der Waals surface area contributed by atoms with Crippen LogP contribution in [0.5, 0.6) is 5.75 Å². The maximum Gasteiger partial charge on any atom is 0.408 e. The number of carbonyl (C=O) groups excluding carboxylic acids is 3. The number of hydrogen-bond acceptors (Lipinski definition) is 9. The number of aromatic nitrogens is 4. The summed E-state index contributed by atoms with van der Waals surface area (Å²) in [5.41, 5.74) is 0.190. The van der Waals surface area contributed by atoms with E-state index >= 15 is 0 Å². The zero-order valence-corrected chi connectivity index (χ0v) is 29.4. The van der Waals surface area contributed by atoms with E-state index in [1.165, 1.54) is 9.70 Å². The molecular formula is C37H45N7O7. The van der Waals surface area contributed by atoms with Gasteiger partial charge in [0.15, 0.2) is 0 Å². The number of carbonyl (C=O) groups is 4. The molecule has 1 saturated carbocycles. The van der Waals surface area contributed by atoms with Crippen molar-refractivity contribution < 1.29 is 33.8 Å². The van der Waals surface area contributed by atoms with Crippen molar-refractivity contribution in [2.24, 2.45) is 5.92 Å². The molecule has 1 aliphatic carbocycles. The van der Waals surface area contributed by atoms with Crippen LogP contribution in [0.1, 0.15) is 71.8 Å². The van der Waals surface area contributed by atoms with Crippen LogP contribution in [0.4, 0.5) is 4.79 Å². The summed E-state index contributed by atoms with van der Waals surface area (Å²) in [6.45, 7) is 5.27. The first-order valence-corrected chi connectivity index (χ1v) is 17.4. The summed E-state index contributed by atoms with van der Waals surface area (Å²) in [5.74, 6) is -1.84. The van der Waals surface area contributed by atoms with Gasteiger partial charge in [0.1, 0.15) is 40.4 Å². The zero-order chi connectivity index (χ0) is 36.3. The molecule has 2 aliphatic heterocycles. The number of carboxylic acids is 1. The average molecular weight is 700 g/mol. The quantitative estimate of drug-likeness (QED) is 0.310. The van der Waals surface area contributed by atoms with Crippen LogP contribution in [0.25, 0.3) is 22.6 Å². The molecule has 3 aromatic rings. The minimum Gasteiger partial charge on any atom is -0.497 e. The number of fused-ring (bicyclic) bond motifs is 2. The maximum atomic E-state index is 14.4. The van der Waals surface area contributed by atoms with Crippen LogP contribution in [0.15, 0.2) is 60.8 Å². The molecule has 51 heavy (non-hydrogen) atoms. The van der Waals surface area contributed by atoms with Crippen molar-refractivity contribution in [1.82, 2.24) is 35.5 Å². The molecule has 14 nitrogen and oxygen atoms in total. The van der Waals surface area contributed by atoms with Crippen LogP contribution in [-0.2, 0) is 19.1 Å². The standard InChI is InChI=1S/C37H45N7O7/c1-36(2,3)51-35(49)39-28-14-9-7-5-6-8-12-24-21-37(24,34(47)48)40-32(45)29-20-25(22-43(29)33(28)46)44-41-30(23-15-17-26(50-4)18-16-23)31(42-44)27-13-10-11-19-38-27/h8,10-13,15-19,24-25,28-29H,5-7,9,14,20-22H2,1-4H3,(H,39,49)(H,40,45)(H,47,48)/b12-8-/t24-,25+,28+,29+,37+/m1/s1. The number of ether oxygens (including phenoxy) is 2. The van der Waals surface area contributed by atoms with Crippen LogP contribution < -0.4 is 15.4 Å². The molecule has 0 radical (unpaired) electrons. The molecule has 2 fully saturated rings. The van der Waals surface area contributed by atoms with Gasteiger partial charge in [-0.25, -0.2) is 9.59 Å². The number of alkyl carbamates (subject to hydrolysis) is 1. The Morgan fingerprint density at radius 2 is 1.80 bits per heavy atom. The zero-order valence-electron chi connectivity index (χ0n) is 29.4. The first kappa shape index (κ1) is 35.6. The van der Waals surface area contributed by atoms with Gasteiger partial charge in [-0.3, -0.25) is 14.6 Å². The van der Waals surface area contributed by atoms with Crippen molar-refractivity contribution in [3.8, 4) is 28.4 Å². The van der Waals surface area contributed by atoms with Gasteiger partial charge in [0.25, 0.3) is 0 Å². The van der Waals surface area contributed by atoms with Crippen molar-refractivity contribution >= 4 is 23.9 Å². The lowest BCUT2D eigenvalue weighted by atomic mass is 10.0. The van der Waals surface area contributed by atoms with Gasteiger partial charge in [0.2, 0.25) is 11.8 Å². The van der Waals surface area contributed by atoms with E-state index in [0.717, 1.165) is 24.8 Å². The molecule has 1 aromatic carbocycles. The largest absolute Gasteiger partial charge is 0.497 e. The highest BCUT2D eigenvalue weighted by Gasteiger charge is 2.61. The van der Waals surface area contributed by atoms with E-state index in [9.17, 15) is 24.3 Å². The normalized spacial score (nSPS) is 26.1. The molecule has 14 heteroatoms. The average Bonchev–Trinajstić information content (AvgIpc) is 3.40. The number of allylic oxidation sites excluding steroid dienone is 1. The van der Waals surface area contributed by atoms with Gasteiger partial charge in [-0.05, 0) is 82.9 Å². The number of aliphatic carboxylic acids is 1. The number of nitrogens with one attached hydrogen (secondary N) is 2. The number of pyridine rings is 1. The SMILES string of the molecule is COc1ccc(-c2nn([C@H]3C[C@H]4C(=O)N[C@@]5(C(=O)O)C[C@H]5/C=C\CCCCC[C@H](NC(=O)OC(C)(C)C)C(=O)N4C3)nc2-c2ccccn2)cc1. The second-order valence-corrected chi connectivity index (χ2v) is 14.4. The Balaban J connectivity index is 1.37. The van der Waals surface area contributed by atoms with Crippen LogP contribution in [0.2, 0.25) is 0 Å². The Morgan fingerprint density at radius 3 is 2.49 bits per heavy atom. The highest BCUT2D eigenvalue weighted by molar-refractivity contribution is 5.96. The third kappa shape index (κ3) is 7.89. The van der Waals surface area contributed by atoms with Gasteiger partial charge in [-0.1, -0.05) is 31.1 Å². The summed E-state index contributed by atoms with van der Waals surface area (Å²) >= 11 is 0. The fourth-order valence-electron chi connectivity index (χ4n) is 6.80. The molecule has 1 saturated heterocycles. The summed E-state index contributed by atoms with van der Waals surface area (Å²) in [5, 5.41) is 25.5. The molecule has 270 valence electrons. The predicted molar refractivity (Wildman–Crippen MR) is 186 cm³/mol. The maximum absolute atomic E-state index is 14.4. The van der Waals surface area contributed by atoms with E-state index in [2.05, 4.69) is 15.6 Å². The molecule has 4 heterocycles. The Labute approximate surface area is 296 Å². The van der Waals surface area contributed by atoms with Crippen molar-refractivity contribution in [3.05, 3.63) is 60.8 Å². The number of rotatable bonds is 6. The minimum atomic E-state index is -1.45. The predicted octanol–water partition coefficient (Wildman–Crippen LogP) is 4.53. The highest BCUT2D eigenvalue weighted by atomic mass is 16.6. The van der Waals surface area contributed by atoms with Crippen molar-refractivity contribution in [1.29, 1.82) is 0 Å². The molecule has 3 amide bonds. The highest BCUT2D eigenvalue weighted by Crippen LogP contribution is 2.45. The van der Waals surface area contributed by atoms with Gasteiger partial charge in [0, 0.05) is 30.6 Å². The first-order valence-electron chi connectivity index (χ1n) is 17.4. The van der Waals surface area contributed by atoms with Crippen molar-refractivity contribution in [3.63, 3.8) is 0 Å². The first-order chi connectivity index (χ1) is 24.4. The Hall–Kier alpha value is -5.27. The van der Waals surface area contributed by atoms with Crippen LogP contribution in [0, 0.1) is 5.92 Å². The van der Waals surface area contributed by atoms with E-state index in [0.29, 0.717) is 35.7 Å². The van der Waals surface area contributed by atoms with Gasteiger partial charge >= 0.3 is 12.1 Å². The lowest BCUT2D eigenvalue weighted by molar-refractivity contribution is -0.145. The summed E-state index contributed by atoms with van der Waals surface area (Å²) in [6, 6.07) is 10.3. The van der Waals surface area contributed by atoms with Crippen LogP contribution >= 0.6 is 0 Å². The van der Waals surface area contributed by atoms with E-state index in [4.69, 9.17) is 19.7 Å². The van der Waals surface area contributed by atoms with Gasteiger partial charge in [-0.15, -0.1) is 0 Å². The van der Waals surface area contributed by atoms with Crippen molar-refractivity contribution in [2.45, 2.75) is 95.0 Å². The van der Waals surface area contributed by atoms with E-state index in [-0.39, 0.29) is 25.3 Å². The molecule has 0 spiro atoms. The van der Waals surface area contributed by atoms with Crippen LogP contribution in [0.3, 0.4) is 0 Å². The summed E-state index contributed by atoms with van der Waals surface area (Å²) in [6.07, 6.45) is 8.49. The summed E-state index contributed by atoms with van der Waals surface area (Å²) in [4.78, 5) is 61.5. The van der Waals surface area contributed by atoms with Crippen molar-refractivity contribution in [2.75, 3.05) is 13.7 Å². The molecule has 6 rings (SSSR count). The van der Waals surface area contributed by atoms with Crippen LogP contribution in [-0.4, -0.2) is 90.7 Å². The number of methoxy groups -OCH3 is 1. The molecule has 0 unspecified atom stereocenters. The van der Waals surface area contributed by atoms with Gasteiger partial charge < -0.3 is 30.1 Å². The molecule has 0 bridgehead atoms. The van der Waals surface area contributed by atoms with Gasteiger partial charge in [0.05, 0.1) is 18.8 Å². The third-order valence-corrected chi connectivity index (χ3v) is 9.56. The number of carboxylic acid groups (broad SMARTS) is 1. The van der Waals surface area contributed by atoms with E-state index in [1.54, 1.807) is 40.1 Å². The van der Waals surface area contributed by atoms with Gasteiger partial charge in [-0.2, -0.15) is 15.0 Å². The Morgan fingerprint density at radius 1 is 1.04 bits per heavy atom. The Kier molecular flexibility index (Phi) is 10.1. The second kappa shape index (κ2) is 14.5. The fraction of sp³-hybridized carbons (Fsp3) is 0.486. The second-order valence-electron chi connectivity index (χ2n) is 14.4.